The lowest BCUT2D eigenvalue weighted by Gasteiger charge is -2.07. The van der Waals surface area contributed by atoms with Crippen LogP contribution in [0, 0.1) is 0 Å². The summed E-state index contributed by atoms with van der Waals surface area (Å²) in [6.07, 6.45) is 3.51. The Morgan fingerprint density at radius 2 is 1.96 bits per heavy atom. The van der Waals surface area contributed by atoms with Gasteiger partial charge in [-0.15, -0.1) is 11.3 Å². The van der Waals surface area contributed by atoms with Gasteiger partial charge in [0, 0.05) is 11.9 Å². The maximum absolute atomic E-state index is 5.26. The molecule has 0 aliphatic heterocycles. The summed E-state index contributed by atoms with van der Waals surface area (Å²) >= 11 is 1.57. The van der Waals surface area contributed by atoms with Crippen LogP contribution in [-0.2, 0) is 0 Å². The SMILES string of the molecule is COc1ccc2nc(C=Nc3cccnc3Nc3ccccc3)sc2c1. The van der Waals surface area contributed by atoms with Crippen LogP contribution in [0.1, 0.15) is 5.01 Å². The van der Waals surface area contributed by atoms with E-state index in [1.165, 1.54) is 0 Å². The summed E-state index contributed by atoms with van der Waals surface area (Å²) in [6.45, 7) is 0. The van der Waals surface area contributed by atoms with Crippen LogP contribution in [0.5, 0.6) is 5.75 Å². The third kappa shape index (κ3) is 3.55. The number of aliphatic imine (C=N–C) groups is 1. The molecule has 0 unspecified atom stereocenters. The Morgan fingerprint density at radius 1 is 1.08 bits per heavy atom. The molecular formula is C20H16N4OS. The number of nitrogens with one attached hydrogen (secondary N) is 1. The lowest BCUT2D eigenvalue weighted by Crippen LogP contribution is -1.93. The standard InChI is InChI=1S/C20H16N4OS/c1-25-15-9-10-16-18(12-15)26-19(24-16)13-22-17-8-5-11-21-20(17)23-14-6-3-2-4-7-14/h2-13H,1H3,(H,21,23). The molecule has 4 rings (SSSR count). The van der Waals surface area contributed by atoms with Gasteiger partial charge in [0.15, 0.2) is 5.82 Å². The van der Waals surface area contributed by atoms with E-state index in [2.05, 4.69) is 20.3 Å². The first-order valence-electron chi connectivity index (χ1n) is 8.07. The van der Waals surface area contributed by atoms with Crippen molar-refractivity contribution in [1.82, 2.24) is 9.97 Å². The number of rotatable bonds is 5. The van der Waals surface area contributed by atoms with Crippen LogP contribution < -0.4 is 10.1 Å². The predicted molar refractivity (Wildman–Crippen MR) is 107 cm³/mol. The van der Waals surface area contributed by atoms with E-state index in [4.69, 9.17) is 4.74 Å². The fourth-order valence-electron chi connectivity index (χ4n) is 2.49. The average Bonchev–Trinajstić information content (AvgIpc) is 3.10. The molecule has 0 spiro atoms. The van der Waals surface area contributed by atoms with E-state index >= 15 is 0 Å². The van der Waals surface area contributed by atoms with Crippen molar-refractivity contribution in [3.63, 3.8) is 0 Å². The first-order valence-corrected chi connectivity index (χ1v) is 8.89. The summed E-state index contributed by atoms with van der Waals surface area (Å²) in [6, 6.07) is 19.5. The van der Waals surface area contributed by atoms with Gasteiger partial charge < -0.3 is 10.1 Å². The summed E-state index contributed by atoms with van der Waals surface area (Å²) in [5.41, 5.74) is 2.66. The van der Waals surface area contributed by atoms with Gasteiger partial charge in [0.2, 0.25) is 0 Å². The molecule has 0 aliphatic carbocycles. The van der Waals surface area contributed by atoms with Crippen LogP contribution in [0.4, 0.5) is 17.2 Å². The number of para-hydroxylation sites is 1. The topological polar surface area (TPSA) is 59.4 Å². The molecule has 5 nitrogen and oxygen atoms in total. The molecule has 0 amide bonds. The molecule has 0 radical (unpaired) electrons. The Hall–Kier alpha value is -3.25. The second-order valence-electron chi connectivity index (χ2n) is 5.51. The maximum Gasteiger partial charge on any atom is 0.156 e. The van der Waals surface area contributed by atoms with Crippen molar-refractivity contribution >= 4 is 45.0 Å². The zero-order valence-electron chi connectivity index (χ0n) is 14.1. The minimum Gasteiger partial charge on any atom is -0.497 e. The summed E-state index contributed by atoms with van der Waals surface area (Å²) in [5, 5.41) is 4.13. The fourth-order valence-corrected chi connectivity index (χ4v) is 3.35. The average molecular weight is 360 g/mol. The molecule has 4 aromatic rings. The number of pyridine rings is 1. The van der Waals surface area contributed by atoms with Gasteiger partial charge in [0.25, 0.3) is 0 Å². The number of anilines is 2. The van der Waals surface area contributed by atoms with E-state index in [1.54, 1.807) is 30.9 Å². The number of ether oxygens (including phenoxy) is 1. The lowest BCUT2D eigenvalue weighted by molar-refractivity contribution is 0.415. The van der Waals surface area contributed by atoms with Gasteiger partial charge in [0.05, 0.1) is 23.5 Å². The van der Waals surface area contributed by atoms with Crippen LogP contribution in [0.25, 0.3) is 10.2 Å². The summed E-state index contributed by atoms with van der Waals surface area (Å²) in [7, 11) is 1.66. The highest BCUT2D eigenvalue weighted by Gasteiger charge is 2.05. The highest BCUT2D eigenvalue weighted by molar-refractivity contribution is 7.20. The second kappa shape index (κ2) is 7.33. The number of hydrogen-bond acceptors (Lipinski definition) is 6. The molecule has 1 N–H and O–H groups in total. The molecule has 0 bridgehead atoms. The van der Waals surface area contributed by atoms with E-state index in [-0.39, 0.29) is 0 Å². The smallest absolute Gasteiger partial charge is 0.156 e. The zero-order valence-corrected chi connectivity index (χ0v) is 14.9. The van der Waals surface area contributed by atoms with Gasteiger partial charge in [-0.3, -0.25) is 0 Å². The normalized spacial score (nSPS) is 11.1. The highest BCUT2D eigenvalue weighted by atomic mass is 32.1. The van der Waals surface area contributed by atoms with Crippen LogP contribution in [0.15, 0.2) is 71.9 Å². The minimum atomic E-state index is 0.706. The van der Waals surface area contributed by atoms with Crippen molar-refractivity contribution in [2.45, 2.75) is 0 Å². The number of methoxy groups -OCH3 is 1. The molecule has 26 heavy (non-hydrogen) atoms. The molecule has 2 aromatic heterocycles. The Bertz CT molecular complexity index is 1060. The number of nitrogens with zero attached hydrogens (tertiary/aromatic N) is 3. The maximum atomic E-state index is 5.26. The largest absolute Gasteiger partial charge is 0.497 e. The Kier molecular flexibility index (Phi) is 4.57. The van der Waals surface area contributed by atoms with Gasteiger partial charge in [0.1, 0.15) is 16.4 Å². The van der Waals surface area contributed by atoms with Crippen LogP contribution in [-0.4, -0.2) is 23.3 Å². The molecule has 0 atom stereocenters. The van der Waals surface area contributed by atoms with Crippen molar-refractivity contribution in [3.8, 4) is 5.75 Å². The van der Waals surface area contributed by atoms with Crippen LogP contribution in [0.2, 0.25) is 0 Å². The van der Waals surface area contributed by atoms with Crippen molar-refractivity contribution < 1.29 is 4.74 Å². The predicted octanol–water partition coefficient (Wildman–Crippen LogP) is 5.19. The van der Waals surface area contributed by atoms with E-state index in [0.29, 0.717) is 5.82 Å². The molecule has 2 aromatic carbocycles. The van der Waals surface area contributed by atoms with E-state index in [1.807, 2.05) is 60.7 Å². The van der Waals surface area contributed by atoms with E-state index in [0.717, 1.165) is 32.3 Å². The quantitative estimate of drug-likeness (QED) is 0.497. The fraction of sp³-hybridized carbons (Fsp3) is 0.0500. The number of aromatic nitrogens is 2. The van der Waals surface area contributed by atoms with Gasteiger partial charge in [-0.25, -0.2) is 15.0 Å². The van der Waals surface area contributed by atoms with Crippen molar-refractivity contribution in [2.75, 3.05) is 12.4 Å². The van der Waals surface area contributed by atoms with E-state index < -0.39 is 0 Å². The van der Waals surface area contributed by atoms with Gasteiger partial charge >= 0.3 is 0 Å². The third-order valence-electron chi connectivity index (χ3n) is 3.75. The summed E-state index contributed by atoms with van der Waals surface area (Å²) < 4.78 is 6.33. The van der Waals surface area contributed by atoms with Gasteiger partial charge in [-0.1, -0.05) is 18.2 Å². The molecule has 128 valence electrons. The van der Waals surface area contributed by atoms with Gasteiger partial charge in [-0.2, -0.15) is 0 Å². The summed E-state index contributed by atoms with van der Waals surface area (Å²) in [5.74, 6) is 1.53. The molecule has 0 saturated heterocycles. The molecular weight excluding hydrogens is 344 g/mol. The van der Waals surface area contributed by atoms with Crippen LogP contribution >= 0.6 is 11.3 Å². The van der Waals surface area contributed by atoms with Crippen LogP contribution in [0.3, 0.4) is 0 Å². The Labute approximate surface area is 155 Å². The molecule has 0 aliphatic rings. The molecule has 2 heterocycles. The lowest BCUT2D eigenvalue weighted by atomic mass is 10.3. The van der Waals surface area contributed by atoms with E-state index in [9.17, 15) is 0 Å². The number of benzene rings is 2. The molecule has 6 heteroatoms. The second-order valence-corrected chi connectivity index (χ2v) is 6.57. The zero-order chi connectivity index (χ0) is 17.8. The first kappa shape index (κ1) is 16.2. The van der Waals surface area contributed by atoms with Crippen molar-refractivity contribution in [1.29, 1.82) is 0 Å². The first-order chi connectivity index (χ1) is 12.8. The number of hydrogen-bond donors (Lipinski definition) is 1. The van der Waals surface area contributed by atoms with Crippen molar-refractivity contribution in [2.24, 2.45) is 4.99 Å². The number of thiazole rings is 1. The highest BCUT2D eigenvalue weighted by Crippen LogP contribution is 2.28. The molecule has 0 saturated carbocycles. The van der Waals surface area contributed by atoms with Crippen molar-refractivity contribution in [3.05, 3.63) is 71.9 Å². The summed E-state index contributed by atoms with van der Waals surface area (Å²) in [4.78, 5) is 13.6. The Morgan fingerprint density at radius 3 is 2.81 bits per heavy atom. The number of fused-ring (bicyclic) bond motifs is 1. The Balaban J connectivity index is 1.61. The monoisotopic (exact) mass is 360 g/mol. The van der Waals surface area contributed by atoms with Gasteiger partial charge in [-0.05, 0) is 42.5 Å². The molecule has 0 fully saturated rings. The third-order valence-corrected chi connectivity index (χ3v) is 4.70. The minimum absolute atomic E-state index is 0.706.